The number of amides is 4. The van der Waals surface area contributed by atoms with E-state index in [2.05, 4.69) is 26.3 Å². The Morgan fingerprint density at radius 3 is 2.31 bits per heavy atom. The molecule has 3 heterocycles. The number of rotatable bonds is 21. The van der Waals surface area contributed by atoms with Crippen molar-refractivity contribution in [2.75, 3.05) is 58.5 Å². The lowest BCUT2D eigenvalue weighted by Crippen LogP contribution is -2.36. The Labute approximate surface area is 273 Å². The van der Waals surface area contributed by atoms with Crippen LogP contribution in [0, 0.1) is 6.92 Å². The molecule has 4 rings (SSSR count). The molecular formula is C31H46N6O6S2. The molecule has 12 nitrogen and oxygen atoms in total. The lowest BCUT2D eigenvalue weighted by Gasteiger charge is -2.16. The summed E-state index contributed by atoms with van der Waals surface area (Å²) in [5, 5.41) is 12.1. The van der Waals surface area contributed by atoms with Gasteiger partial charge in [-0.05, 0) is 30.9 Å². The predicted octanol–water partition coefficient (Wildman–Crippen LogP) is 2.52. The maximum absolute atomic E-state index is 12.3. The third-order valence-corrected chi connectivity index (χ3v) is 10.2. The number of ether oxygens (including phenoxy) is 3. The quantitative estimate of drug-likeness (QED) is 0.0998. The van der Waals surface area contributed by atoms with Crippen LogP contribution >= 0.6 is 23.1 Å². The van der Waals surface area contributed by atoms with Gasteiger partial charge in [-0.15, -0.1) is 11.3 Å². The van der Waals surface area contributed by atoms with Crippen molar-refractivity contribution in [1.82, 2.24) is 26.3 Å². The number of nitrogens with one attached hydrogen (secondary N) is 4. The van der Waals surface area contributed by atoms with E-state index in [9.17, 15) is 14.4 Å². The monoisotopic (exact) mass is 662 g/mol. The van der Waals surface area contributed by atoms with Crippen molar-refractivity contribution < 1.29 is 28.6 Å². The molecule has 0 saturated carbocycles. The summed E-state index contributed by atoms with van der Waals surface area (Å²) in [7, 11) is 0. The number of fused-ring (bicyclic) bond motifs is 1. The molecule has 45 heavy (non-hydrogen) atoms. The van der Waals surface area contributed by atoms with Crippen molar-refractivity contribution in [1.29, 1.82) is 0 Å². The maximum Gasteiger partial charge on any atom is 0.315 e. The Hall–Kier alpha value is -2.75. The van der Waals surface area contributed by atoms with Gasteiger partial charge in [0, 0.05) is 43.0 Å². The first kappa shape index (κ1) is 35.1. The topological polar surface area (TPSA) is 166 Å². The zero-order valence-corrected chi connectivity index (χ0v) is 27.5. The highest BCUT2D eigenvalue weighted by atomic mass is 32.2. The summed E-state index contributed by atoms with van der Waals surface area (Å²) >= 11 is 3.50. The fourth-order valence-corrected chi connectivity index (χ4v) is 7.64. The van der Waals surface area contributed by atoms with Crippen LogP contribution in [0.2, 0.25) is 0 Å². The summed E-state index contributed by atoms with van der Waals surface area (Å²) in [6.07, 6.45) is 3.51. The highest BCUT2D eigenvalue weighted by molar-refractivity contribution is 8.00. The molecule has 0 aliphatic carbocycles. The van der Waals surface area contributed by atoms with Gasteiger partial charge in [0.15, 0.2) is 0 Å². The molecule has 2 aromatic rings. The number of thioether (sulfide) groups is 1. The smallest absolute Gasteiger partial charge is 0.315 e. The number of aromatic nitrogens is 1. The van der Waals surface area contributed by atoms with Crippen LogP contribution < -0.4 is 27.0 Å². The number of urea groups is 1. The van der Waals surface area contributed by atoms with Crippen LogP contribution in [-0.2, 0) is 23.8 Å². The zero-order valence-electron chi connectivity index (χ0n) is 25.9. The van der Waals surface area contributed by atoms with Gasteiger partial charge in [-0.25, -0.2) is 9.78 Å². The third-order valence-electron chi connectivity index (χ3n) is 7.71. The average Bonchev–Trinajstić information content (AvgIpc) is 3.73. The maximum atomic E-state index is 12.3. The molecule has 2 saturated heterocycles. The van der Waals surface area contributed by atoms with Gasteiger partial charge in [-0.1, -0.05) is 30.7 Å². The largest absolute Gasteiger partial charge is 0.377 e. The van der Waals surface area contributed by atoms with Gasteiger partial charge in [0.05, 0.1) is 67.8 Å². The molecule has 2 fully saturated rings. The molecule has 1 aromatic carbocycles. The molecular weight excluding hydrogens is 617 g/mol. The first-order valence-electron chi connectivity index (χ1n) is 15.6. The van der Waals surface area contributed by atoms with Crippen molar-refractivity contribution in [2.24, 2.45) is 5.73 Å². The molecule has 0 spiro atoms. The third kappa shape index (κ3) is 11.8. The molecule has 4 atom stereocenters. The average molecular weight is 663 g/mol. The van der Waals surface area contributed by atoms with Crippen LogP contribution in [0.3, 0.4) is 0 Å². The SMILES string of the molecule is Cc1ncsc1-c1ccc([C@@H](N)CC(=O)NCCOCCOCCOCCNC(=O)CCCC[C@@H]2SCC3NC(=O)N[C@@H]32)cc1. The molecule has 4 amide bonds. The summed E-state index contributed by atoms with van der Waals surface area (Å²) in [5.74, 6) is 0.873. The molecule has 248 valence electrons. The number of thiazole rings is 1. The number of unbranched alkanes of at least 4 members (excludes halogenated alkanes) is 1. The van der Waals surface area contributed by atoms with E-state index >= 15 is 0 Å². The van der Waals surface area contributed by atoms with Crippen molar-refractivity contribution in [3.8, 4) is 10.4 Å². The van der Waals surface area contributed by atoms with Gasteiger partial charge in [-0.3, -0.25) is 9.59 Å². The van der Waals surface area contributed by atoms with E-state index in [0.29, 0.717) is 64.4 Å². The first-order chi connectivity index (χ1) is 21.9. The molecule has 1 aromatic heterocycles. The fraction of sp³-hybridized carbons (Fsp3) is 0.613. The Kier molecular flexibility index (Phi) is 14.9. The van der Waals surface area contributed by atoms with E-state index in [1.165, 1.54) is 0 Å². The van der Waals surface area contributed by atoms with Gasteiger partial charge in [0.2, 0.25) is 11.8 Å². The van der Waals surface area contributed by atoms with Gasteiger partial charge in [-0.2, -0.15) is 11.8 Å². The van der Waals surface area contributed by atoms with Crippen LogP contribution in [0.15, 0.2) is 29.8 Å². The number of hydrogen-bond donors (Lipinski definition) is 5. The van der Waals surface area contributed by atoms with Crippen molar-refractivity contribution in [3.05, 3.63) is 41.0 Å². The minimum Gasteiger partial charge on any atom is -0.377 e. The van der Waals surface area contributed by atoms with E-state index in [0.717, 1.165) is 46.7 Å². The van der Waals surface area contributed by atoms with Gasteiger partial charge in [0.25, 0.3) is 0 Å². The molecule has 1 unspecified atom stereocenters. The van der Waals surface area contributed by atoms with Crippen LogP contribution in [0.4, 0.5) is 4.79 Å². The molecule has 2 aliphatic rings. The van der Waals surface area contributed by atoms with E-state index in [1.54, 1.807) is 11.3 Å². The van der Waals surface area contributed by atoms with E-state index in [4.69, 9.17) is 19.9 Å². The Morgan fingerprint density at radius 1 is 0.978 bits per heavy atom. The Morgan fingerprint density at radius 2 is 1.64 bits per heavy atom. The van der Waals surface area contributed by atoms with Gasteiger partial charge in [0.1, 0.15) is 0 Å². The number of aryl methyl sites for hydroxylation is 1. The van der Waals surface area contributed by atoms with Crippen LogP contribution in [-0.4, -0.2) is 98.6 Å². The number of carbonyl (C=O) groups is 3. The van der Waals surface area contributed by atoms with Crippen LogP contribution in [0.1, 0.15) is 49.4 Å². The molecule has 0 radical (unpaired) electrons. The van der Waals surface area contributed by atoms with Crippen LogP contribution in [0.25, 0.3) is 10.4 Å². The highest BCUT2D eigenvalue weighted by Gasteiger charge is 2.42. The number of benzene rings is 1. The molecule has 0 bridgehead atoms. The minimum absolute atomic E-state index is 0.0340. The highest BCUT2D eigenvalue weighted by Crippen LogP contribution is 2.33. The zero-order chi connectivity index (χ0) is 31.9. The molecule has 2 aliphatic heterocycles. The second kappa shape index (κ2) is 19.0. The fourth-order valence-electron chi connectivity index (χ4n) is 5.28. The Bertz CT molecular complexity index is 1220. The number of hydrogen-bond acceptors (Lipinski definition) is 10. The summed E-state index contributed by atoms with van der Waals surface area (Å²) in [5.41, 5.74) is 11.1. The number of carbonyl (C=O) groups excluding carboxylic acids is 3. The minimum atomic E-state index is -0.378. The molecule has 14 heteroatoms. The van der Waals surface area contributed by atoms with Gasteiger partial charge >= 0.3 is 6.03 Å². The number of nitrogens with two attached hydrogens (primary N) is 1. The van der Waals surface area contributed by atoms with Crippen LogP contribution in [0.5, 0.6) is 0 Å². The second-order valence-electron chi connectivity index (χ2n) is 11.1. The number of nitrogens with zero attached hydrogens (tertiary/aromatic N) is 1. The van der Waals surface area contributed by atoms with Crippen molar-refractivity contribution >= 4 is 40.9 Å². The standard InChI is InChI=1S/C31H46N6O6S2/c1-21-30(45-20-35-21)23-8-6-22(7-9-23)24(32)18-28(39)34-11-13-42-15-17-43-16-14-41-12-10-33-27(38)5-3-2-4-26-29-25(19-44-26)36-31(40)37-29/h6-9,20,24-26,29H,2-5,10-19,32H2,1H3,(H,33,38)(H,34,39)(H2,36,37,40)/t24-,25?,26-,29-/m0/s1. The lowest BCUT2D eigenvalue weighted by molar-refractivity contribution is -0.122. The van der Waals surface area contributed by atoms with E-state index < -0.39 is 0 Å². The van der Waals surface area contributed by atoms with E-state index in [-0.39, 0.29) is 42.4 Å². The second-order valence-corrected chi connectivity index (χ2v) is 13.2. The van der Waals surface area contributed by atoms with Gasteiger partial charge < -0.3 is 41.2 Å². The normalized spacial score (nSPS) is 19.5. The summed E-state index contributed by atoms with van der Waals surface area (Å²) in [6.45, 7) is 5.41. The van der Waals surface area contributed by atoms with Crippen molar-refractivity contribution in [2.45, 2.75) is 62.4 Å². The van der Waals surface area contributed by atoms with E-state index in [1.807, 2.05) is 48.5 Å². The first-order valence-corrected chi connectivity index (χ1v) is 17.5. The molecule has 6 N–H and O–H groups in total. The Balaban J connectivity index is 0.894. The summed E-state index contributed by atoms with van der Waals surface area (Å²) in [6, 6.07) is 7.98. The summed E-state index contributed by atoms with van der Waals surface area (Å²) < 4.78 is 16.5. The lowest BCUT2D eigenvalue weighted by atomic mass is 10.0. The van der Waals surface area contributed by atoms with Crippen molar-refractivity contribution in [3.63, 3.8) is 0 Å². The predicted molar refractivity (Wildman–Crippen MR) is 176 cm³/mol. The summed E-state index contributed by atoms with van der Waals surface area (Å²) in [4.78, 5) is 41.2.